The molecule has 0 saturated carbocycles. The van der Waals surface area contributed by atoms with Crippen molar-refractivity contribution in [3.05, 3.63) is 16.6 Å². The molecule has 2 N–H and O–H groups in total. The van der Waals surface area contributed by atoms with E-state index in [2.05, 4.69) is 36.0 Å². The molecular weight excluding hydrogens is 316 g/mol. The Balaban J connectivity index is 2.55. The second-order valence-electron chi connectivity index (χ2n) is 3.84. The molecule has 0 unspecified atom stereocenters. The van der Waals surface area contributed by atoms with Crippen LogP contribution in [0.2, 0.25) is 0 Å². The van der Waals surface area contributed by atoms with Crippen LogP contribution in [0, 0.1) is 0 Å². The van der Waals surface area contributed by atoms with Crippen molar-refractivity contribution >= 4 is 27.9 Å². The summed E-state index contributed by atoms with van der Waals surface area (Å²) in [5.41, 5.74) is 0. The molecule has 19 heavy (non-hydrogen) atoms. The summed E-state index contributed by atoms with van der Waals surface area (Å²) >= 11 is 3.26. The van der Waals surface area contributed by atoms with Crippen LogP contribution in [-0.2, 0) is 16.1 Å². The van der Waals surface area contributed by atoms with E-state index < -0.39 is 6.09 Å². The number of ether oxygens (including phenoxy) is 1. The van der Waals surface area contributed by atoms with Gasteiger partial charge in [0, 0.05) is 6.54 Å². The molecule has 0 bridgehead atoms. The first-order valence-corrected chi connectivity index (χ1v) is 6.65. The van der Waals surface area contributed by atoms with Crippen LogP contribution in [-0.4, -0.2) is 47.1 Å². The quantitative estimate of drug-likeness (QED) is 0.821. The fourth-order valence-electron chi connectivity index (χ4n) is 1.49. The maximum atomic E-state index is 12.0. The van der Waals surface area contributed by atoms with Crippen LogP contribution >= 0.6 is 15.9 Å². The van der Waals surface area contributed by atoms with Crippen LogP contribution in [0.25, 0.3) is 0 Å². The van der Waals surface area contributed by atoms with E-state index in [9.17, 15) is 9.59 Å². The van der Waals surface area contributed by atoms with Gasteiger partial charge in [-0.3, -0.25) is 4.79 Å². The van der Waals surface area contributed by atoms with E-state index in [0.717, 1.165) is 11.0 Å². The van der Waals surface area contributed by atoms with Crippen molar-refractivity contribution in [2.45, 2.75) is 19.9 Å². The summed E-state index contributed by atoms with van der Waals surface area (Å²) in [5, 5.41) is 2.37. The largest absolute Gasteiger partial charge is 0.453 e. The maximum absolute atomic E-state index is 12.0. The van der Waals surface area contributed by atoms with Crippen molar-refractivity contribution in [1.29, 1.82) is 0 Å². The van der Waals surface area contributed by atoms with Gasteiger partial charge in [0.15, 0.2) is 0 Å². The third-order valence-corrected chi connectivity index (χ3v) is 2.76. The lowest BCUT2D eigenvalue weighted by molar-refractivity contribution is -0.130. The average Bonchev–Trinajstić information content (AvgIpc) is 2.80. The van der Waals surface area contributed by atoms with Gasteiger partial charge in [-0.25, -0.2) is 9.78 Å². The zero-order valence-electron chi connectivity index (χ0n) is 10.9. The molecule has 0 aliphatic rings. The van der Waals surface area contributed by atoms with Crippen LogP contribution in [0.4, 0.5) is 4.79 Å². The van der Waals surface area contributed by atoms with Crippen LogP contribution in [0.5, 0.6) is 0 Å². The summed E-state index contributed by atoms with van der Waals surface area (Å²) in [6.07, 6.45) is 1.84. The first-order valence-electron chi connectivity index (χ1n) is 5.85. The fraction of sp³-hybridized carbons (Fsp3) is 0.545. The summed E-state index contributed by atoms with van der Waals surface area (Å²) in [6.45, 7) is 2.86. The molecule has 0 aliphatic heterocycles. The van der Waals surface area contributed by atoms with Crippen molar-refractivity contribution in [1.82, 2.24) is 20.2 Å². The first kappa shape index (κ1) is 15.5. The molecule has 0 aromatic carbocycles. The van der Waals surface area contributed by atoms with Gasteiger partial charge in [-0.1, -0.05) is 6.92 Å². The SMILES string of the molecule is CCCN(Cc1ncc(Br)[nH]1)C(=O)CNC(=O)OC. The molecule has 0 radical (unpaired) electrons. The highest BCUT2D eigenvalue weighted by Crippen LogP contribution is 2.07. The van der Waals surface area contributed by atoms with Crippen molar-refractivity contribution in [3.8, 4) is 0 Å². The molecule has 1 rings (SSSR count). The highest BCUT2D eigenvalue weighted by Gasteiger charge is 2.15. The molecule has 0 spiro atoms. The highest BCUT2D eigenvalue weighted by atomic mass is 79.9. The van der Waals surface area contributed by atoms with Gasteiger partial charge in [-0.2, -0.15) is 0 Å². The van der Waals surface area contributed by atoms with E-state index >= 15 is 0 Å². The van der Waals surface area contributed by atoms with Gasteiger partial charge in [0.1, 0.15) is 17.0 Å². The number of hydrogen-bond acceptors (Lipinski definition) is 4. The predicted octanol–water partition coefficient (Wildman–Crippen LogP) is 1.27. The number of methoxy groups -OCH3 is 1. The van der Waals surface area contributed by atoms with Gasteiger partial charge in [-0.05, 0) is 22.4 Å². The molecule has 7 nitrogen and oxygen atoms in total. The van der Waals surface area contributed by atoms with Crippen molar-refractivity contribution in [3.63, 3.8) is 0 Å². The third kappa shape index (κ3) is 5.29. The first-order chi connectivity index (χ1) is 9.06. The standard InChI is InChI=1S/C11H17BrN4O3/c1-3-4-16(7-9-13-5-8(12)15-9)10(17)6-14-11(18)19-2/h5H,3-4,6-7H2,1-2H3,(H,13,15)(H,14,18). The molecule has 2 amide bonds. The Bertz CT molecular complexity index is 435. The van der Waals surface area contributed by atoms with E-state index in [1.54, 1.807) is 11.1 Å². The van der Waals surface area contributed by atoms with Gasteiger partial charge in [-0.15, -0.1) is 0 Å². The van der Waals surface area contributed by atoms with Crippen molar-refractivity contribution in [2.24, 2.45) is 0 Å². The zero-order valence-corrected chi connectivity index (χ0v) is 12.5. The summed E-state index contributed by atoms with van der Waals surface area (Å²) < 4.78 is 5.18. The molecule has 1 heterocycles. The number of nitrogens with one attached hydrogen (secondary N) is 2. The topological polar surface area (TPSA) is 87.3 Å². The van der Waals surface area contributed by atoms with Gasteiger partial charge in [0.25, 0.3) is 0 Å². The lowest BCUT2D eigenvalue weighted by atomic mass is 10.3. The van der Waals surface area contributed by atoms with Gasteiger partial charge in [0.05, 0.1) is 19.9 Å². The van der Waals surface area contributed by atoms with Crippen LogP contribution in [0.15, 0.2) is 10.8 Å². The van der Waals surface area contributed by atoms with Gasteiger partial charge < -0.3 is 19.9 Å². The minimum atomic E-state index is -0.620. The Labute approximate surface area is 119 Å². The van der Waals surface area contributed by atoms with E-state index in [1.807, 2.05) is 6.92 Å². The molecule has 1 aromatic rings. The minimum absolute atomic E-state index is 0.0887. The van der Waals surface area contributed by atoms with Crippen molar-refractivity contribution in [2.75, 3.05) is 20.2 Å². The summed E-state index contributed by atoms with van der Waals surface area (Å²) in [7, 11) is 1.25. The molecular formula is C11H17BrN4O3. The molecule has 0 saturated heterocycles. The van der Waals surface area contributed by atoms with Crippen LogP contribution in [0.3, 0.4) is 0 Å². The zero-order chi connectivity index (χ0) is 14.3. The number of hydrogen-bond donors (Lipinski definition) is 2. The highest BCUT2D eigenvalue weighted by molar-refractivity contribution is 9.10. The number of nitrogens with zero attached hydrogens (tertiary/aromatic N) is 2. The second-order valence-corrected chi connectivity index (χ2v) is 4.69. The summed E-state index contributed by atoms with van der Waals surface area (Å²) in [6, 6.07) is 0. The Morgan fingerprint density at radius 1 is 1.58 bits per heavy atom. The fourth-order valence-corrected chi connectivity index (χ4v) is 1.82. The molecule has 106 valence electrons. The summed E-state index contributed by atoms with van der Waals surface area (Å²) in [4.78, 5) is 31.6. The lowest BCUT2D eigenvalue weighted by Gasteiger charge is -2.21. The number of alkyl carbamates (subject to hydrolysis) is 1. The molecule has 8 heteroatoms. The number of aromatic nitrogens is 2. The number of aromatic amines is 1. The number of imidazole rings is 1. The van der Waals surface area contributed by atoms with Gasteiger partial charge >= 0.3 is 6.09 Å². The van der Waals surface area contributed by atoms with Crippen molar-refractivity contribution < 1.29 is 14.3 Å². The number of rotatable bonds is 6. The number of halogens is 1. The Hall–Kier alpha value is -1.57. The molecule has 0 atom stereocenters. The second kappa shape index (κ2) is 7.78. The maximum Gasteiger partial charge on any atom is 0.407 e. The Kier molecular flexibility index (Phi) is 6.34. The van der Waals surface area contributed by atoms with E-state index in [-0.39, 0.29) is 12.5 Å². The van der Waals surface area contributed by atoms with Crippen LogP contribution in [0.1, 0.15) is 19.2 Å². The molecule has 0 aliphatic carbocycles. The smallest absolute Gasteiger partial charge is 0.407 e. The normalized spacial score (nSPS) is 10.1. The molecule has 1 aromatic heterocycles. The number of amides is 2. The third-order valence-electron chi connectivity index (χ3n) is 2.35. The number of carbonyl (C=O) groups is 2. The predicted molar refractivity (Wildman–Crippen MR) is 72.4 cm³/mol. The van der Waals surface area contributed by atoms with E-state index in [1.165, 1.54) is 7.11 Å². The van der Waals surface area contributed by atoms with E-state index in [4.69, 9.17) is 0 Å². The lowest BCUT2D eigenvalue weighted by Crippen LogP contribution is -2.40. The Morgan fingerprint density at radius 2 is 2.32 bits per heavy atom. The van der Waals surface area contributed by atoms with Crippen LogP contribution < -0.4 is 5.32 Å². The van der Waals surface area contributed by atoms with E-state index in [0.29, 0.717) is 18.9 Å². The average molecular weight is 333 g/mol. The number of carbonyl (C=O) groups excluding carboxylic acids is 2. The Morgan fingerprint density at radius 3 is 2.84 bits per heavy atom. The number of H-pyrrole nitrogens is 1. The summed E-state index contributed by atoms with van der Waals surface area (Å²) in [5.74, 6) is 0.506. The monoisotopic (exact) mass is 332 g/mol. The minimum Gasteiger partial charge on any atom is -0.453 e. The van der Waals surface area contributed by atoms with Gasteiger partial charge in [0.2, 0.25) is 5.91 Å². The molecule has 0 fully saturated rings.